The molecule has 0 radical (unpaired) electrons. The van der Waals surface area contributed by atoms with Crippen LogP contribution in [0.1, 0.15) is 36.5 Å². The predicted octanol–water partition coefficient (Wildman–Crippen LogP) is 5.98. The molecule has 0 fully saturated rings. The molecule has 0 atom stereocenters. The van der Waals surface area contributed by atoms with E-state index in [1.54, 1.807) is 0 Å². The van der Waals surface area contributed by atoms with Crippen LogP contribution >= 0.6 is 0 Å². The van der Waals surface area contributed by atoms with Crippen LogP contribution in [0.15, 0.2) is 54.7 Å². The number of hydrogen-bond donors (Lipinski definition) is 2. The van der Waals surface area contributed by atoms with Crippen molar-refractivity contribution in [2.45, 2.75) is 25.9 Å². The highest BCUT2D eigenvalue weighted by Gasteiger charge is 2.35. The third-order valence-corrected chi connectivity index (χ3v) is 4.20. The average molecular weight is 397 g/mol. The molecule has 3 aromatic rings. The minimum Gasteiger partial charge on any atom is -0.340 e. The zero-order valence-corrected chi connectivity index (χ0v) is 15.7. The normalized spacial score (nSPS) is 11.2. The van der Waals surface area contributed by atoms with E-state index in [1.807, 2.05) is 30.3 Å². The fraction of sp³-hybridized carbons (Fsp3) is 0.190. The highest BCUT2D eigenvalue weighted by molar-refractivity contribution is 5.63. The van der Waals surface area contributed by atoms with Crippen molar-refractivity contribution in [2.24, 2.45) is 0 Å². The lowest BCUT2D eigenvalue weighted by atomic mass is 10.0. The molecule has 8 heteroatoms. The Kier molecular flexibility index (Phi) is 5.69. The second-order valence-electron chi connectivity index (χ2n) is 6.67. The summed E-state index contributed by atoms with van der Waals surface area (Å²) in [7, 11) is 0. The minimum absolute atomic E-state index is 0.0337. The summed E-state index contributed by atoms with van der Waals surface area (Å²) in [6.45, 7) is 4.14. The molecular weight excluding hydrogens is 379 g/mol. The SMILES string of the molecule is CC(C)c1ccc(Nc2ncc(C(F)(F)F)c(Nc3ccc(C#N)cc3)n2)cc1. The summed E-state index contributed by atoms with van der Waals surface area (Å²) in [6, 6.07) is 15.5. The van der Waals surface area contributed by atoms with E-state index in [-0.39, 0.29) is 11.8 Å². The number of benzene rings is 2. The van der Waals surface area contributed by atoms with E-state index in [9.17, 15) is 13.2 Å². The van der Waals surface area contributed by atoms with Crippen LogP contribution in [0.4, 0.5) is 36.3 Å². The van der Waals surface area contributed by atoms with Crippen LogP contribution < -0.4 is 10.6 Å². The van der Waals surface area contributed by atoms with Gasteiger partial charge < -0.3 is 10.6 Å². The van der Waals surface area contributed by atoms with E-state index in [2.05, 4.69) is 34.4 Å². The topological polar surface area (TPSA) is 73.6 Å². The first-order valence-corrected chi connectivity index (χ1v) is 8.84. The van der Waals surface area contributed by atoms with Crippen molar-refractivity contribution in [1.82, 2.24) is 9.97 Å². The van der Waals surface area contributed by atoms with E-state index in [0.29, 0.717) is 22.9 Å². The third kappa shape index (κ3) is 5.02. The van der Waals surface area contributed by atoms with Crippen LogP contribution in [0, 0.1) is 11.3 Å². The lowest BCUT2D eigenvalue weighted by Gasteiger charge is -2.15. The molecule has 2 N–H and O–H groups in total. The Hall–Kier alpha value is -3.60. The van der Waals surface area contributed by atoms with Crippen molar-refractivity contribution in [1.29, 1.82) is 5.26 Å². The monoisotopic (exact) mass is 397 g/mol. The summed E-state index contributed by atoms with van der Waals surface area (Å²) in [5.74, 6) is 0.0274. The van der Waals surface area contributed by atoms with Gasteiger partial charge in [0.2, 0.25) is 5.95 Å². The van der Waals surface area contributed by atoms with E-state index >= 15 is 0 Å². The molecule has 0 aliphatic heterocycles. The number of nitrogens with zero attached hydrogens (tertiary/aromatic N) is 3. The summed E-state index contributed by atoms with van der Waals surface area (Å²) >= 11 is 0. The number of alkyl halides is 3. The number of anilines is 4. The van der Waals surface area contributed by atoms with E-state index in [1.165, 1.54) is 24.3 Å². The summed E-state index contributed by atoms with van der Waals surface area (Å²) < 4.78 is 40.1. The molecule has 0 amide bonds. The number of aromatic nitrogens is 2. The highest BCUT2D eigenvalue weighted by Crippen LogP contribution is 2.35. The number of rotatable bonds is 5. The first kappa shape index (κ1) is 20.1. The Bertz CT molecular complexity index is 1020. The maximum Gasteiger partial charge on any atom is 0.421 e. The summed E-state index contributed by atoms with van der Waals surface area (Å²) in [6.07, 6.45) is -3.88. The Morgan fingerprint density at radius 1 is 0.931 bits per heavy atom. The average Bonchev–Trinajstić information content (AvgIpc) is 2.68. The van der Waals surface area contributed by atoms with Crippen LogP contribution in [0.2, 0.25) is 0 Å². The zero-order valence-electron chi connectivity index (χ0n) is 15.7. The number of halogens is 3. The van der Waals surface area contributed by atoms with Gasteiger partial charge >= 0.3 is 6.18 Å². The summed E-state index contributed by atoms with van der Waals surface area (Å²) in [4.78, 5) is 7.81. The Balaban J connectivity index is 1.89. The predicted molar refractivity (Wildman–Crippen MR) is 105 cm³/mol. The molecule has 0 bridgehead atoms. The van der Waals surface area contributed by atoms with E-state index in [0.717, 1.165) is 11.8 Å². The molecule has 0 spiro atoms. The highest BCUT2D eigenvalue weighted by atomic mass is 19.4. The largest absolute Gasteiger partial charge is 0.421 e. The van der Waals surface area contributed by atoms with E-state index in [4.69, 9.17) is 5.26 Å². The Morgan fingerprint density at radius 3 is 2.07 bits per heavy atom. The van der Waals surface area contributed by atoms with Crippen LogP contribution in [0.3, 0.4) is 0 Å². The molecule has 0 saturated heterocycles. The van der Waals surface area contributed by atoms with Gasteiger partial charge in [0.25, 0.3) is 0 Å². The third-order valence-electron chi connectivity index (χ3n) is 4.20. The van der Waals surface area contributed by atoms with Crippen molar-refractivity contribution in [3.63, 3.8) is 0 Å². The van der Waals surface area contributed by atoms with E-state index < -0.39 is 11.7 Å². The van der Waals surface area contributed by atoms with Gasteiger partial charge in [0.15, 0.2) is 0 Å². The van der Waals surface area contributed by atoms with Crippen LogP contribution in [0.5, 0.6) is 0 Å². The van der Waals surface area contributed by atoms with Gasteiger partial charge in [0, 0.05) is 17.6 Å². The van der Waals surface area contributed by atoms with Crippen LogP contribution in [-0.2, 0) is 6.18 Å². The quantitative estimate of drug-likeness (QED) is 0.554. The maximum atomic E-state index is 13.4. The molecule has 1 heterocycles. The molecule has 0 aliphatic rings. The second kappa shape index (κ2) is 8.19. The van der Waals surface area contributed by atoms with Gasteiger partial charge in [-0.1, -0.05) is 26.0 Å². The first-order valence-electron chi connectivity index (χ1n) is 8.84. The first-order chi connectivity index (χ1) is 13.8. The Morgan fingerprint density at radius 2 is 1.52 bits per heavy atom. The van der Waals surface area contributed by atoms with Gasteiger partial charge in [-0.2, -0.15) is 23.4 Å². The molecule has 1 aromatic heterocycles. The van der Waals surface area contributed by atoms with Gasteiger partial charge in [0.1, 0.15) is 11.4 Å². The number of nitriles is 1. The molecular formula is C21H18F3N5. The fourth-order valence-electron chi connectivity index (χ4n) is 2.59. The van der Waals surface area contributed by atoms with Gasteiger partial charge in [-0.15, -0.1) is 0 Å². The van der Waals surface area contributed by atoms with Gasteiger partial charge in [-0.05, 0) is 47.9 Å². The Labute approximate surface area is 166 Å². The molecule has 0 saturated carbocycles. The van der Waals surface area contributed by atoms with Gasteiger partial charge in [0.05, 0.1) is 11.6 Å². The molecule has 2 aromatic carbocycles. The van der Waals surface area contributed by atoms with Crippen molar-refractivity contribution >= 4 is 23.1 Å². The van der Waals surface area contributed by atoms with Crippen molar-refractivity contribution < 1.29 is 13.2 Å². The van der Waals surface area contributed by atoms with Crippen LogP contribution in [-0.4, -0.2) is 9.97 Å². The molecule has 5 nitrogen and oxygen atoms in total. The van der Waals surface area contributed by atoms with Gasteiger partial charge in [-0.3, -0.25) is 0 Å². The molecule has 0 unspecified atom stereocenters. The molecule has 3 rings (SSSR count). The van der Waals surface area contributed by atoms with Crippen molar-refractivity contribution in [2.75, 3.05) is 10.6 Å². The number of hydrogen-bond acceptors (Lipinski definition) is 5. The lowest BCUT2D eigenvalue weighted by Crippen LogP contribution is -2.12. The smallest absolute Gasteiger partial charge is 0.340 e. The molecule has 29 heavy (non-hydrogen) atoms. The summed E-state index contributed by atoms with van der Waals surface area (Å²) in [5, 5.41) is 14.4. The van der Waals surface area contributed by atoms with Crippen molar-refractivity contribution in [3.05, 3.63) is 71.4 Å². The standard InChI is InChI=1S/C21H18F3N5/c1-13(2)15-5-9-17(10-6-15)28-20-26-12-18(21(22,23)24)19(29-20)27-16-7-3-14(11-25)4-8-16/h3-10,12-13H,1-2H3,(H2,26,27,28,29). The zero-order chi connectivity index (χ0) is 21.0. The number of nitrogens with one attached hydrogen (secondary N) is 2. The molecule has 0 aliphatic carbocycles. The summed E-state index contributed by atoms with van der Waals surface area (Å²) in [5.41, 5.74) is 1.61. The fourth-order valence-corrected chi connectivity index (χ4v) is 2.59. The minimum atomic E-state index is -4.62. The van der Waals surface area contributed by atoms with Gasteiger partial charge in [-0.25, -0.2) is 4.98 Å². The van der Waals surface area contributed by atoms with Crippen molar-refractivity contribution in [3.8, 4) is 6.07 Å². The maximum absolute atomic E-state index is 13.4. The van der Waals surface area contributed by atoms with Crippen LogP contribution in [0.25, 0.3) is 0 Å². The molecule has 148 valence electrons. The second-order valence-corrected chi connectivity index (χ2v) is 6.67. The lowest BCUT2D eigenvalue weighted by molar-refractivity contribution is -0.137.